The predicted molar refractivity (Wildman–Crippen MR) is 92.3 cm³/mol. The van der Waals surface area contributed by atoms with Gasteiger partial charge in [0.05, 0.1) is 10.5 Å². The maximum Gasteiger partial charge on any atom is 0.407 e. The summed E-state index contributed by atoms with van der Waals surface area (Å²) in [5, 5.41) is 11.9. The van der Waals surface area contributed by atoms with Crippen LogP contribution in [0.3, 0.4) is 0 Å². The number of piperidine rings is 1. The number of nitriles is 1. The Morgan fingerprint density at radius 2 is 1.88 bits per heavy atom. The van der Waals surface area contributed by atoms with Crippen LogP contribution in [0.5, 0.6) is 0 Å². The van der Waals surface area contributed by atoms with Crippen LogP contribution < -0.4 is 5.32 Å². The number of nitrogens with zero attached hydrogens (tertiary/aromatic N) is 2. The lowest BCUT2D eigenvalue weighted by molar-refractivity contribution is 0.0489. The van der Waals surface area contributed by atoms with E-state index in [0.29, 0.717) is 12.8 Å². The molecule has 136 valence electrons. The van der Waals surface area contributed by atoms with Crippen LogP contribution in [-0.2, 0) is 14.8 Å². The van der Waals surface area contributed by atoms with Crippen molar-refractivity contribution in [3.63, 3.8) is 0 Å². The van der Waals surface area contributed by atoms with Crippen molar-refractivity contribution >= 4 is 16.1 Å². The van der Waals surface area contributed by atoms with Crippen molar-refractivity contribution in [1.29, 1.82) is 5.26 Å². The quantitative estimate of drug-likeness (QED) is 0.885. The molecule has 0 radical (unpaired) electrons. The molecule has 0 spiro atoms. The highest BCUT2D eigenvalue weighted by Gasteiger charge is 2.32. The van der Waals surface area contributed by atoms with Crippen LogP contribution in [0, 0.1) is 11.3 Å². The molecule has 0 aliphatic carbocycles. The van der Waals surface area contributed by atoms with Crippen molar-refractivity contribution in [3.05, 3.63) is 29.8 Å². The van der Waals surface area contributed by atoms with Crippen molar-refractivity contribution in [2.45, 2.75) is 50.2 Å². The second-order valence-electron chi connectivity index (χ2n) is 6.93. The molecule has 1 aromatic carbocycles. The molecular formula is C17H23N3O4S. The Bertz CT molecular complexity index is 770. The largest absolute Gasteiger partial charge is 0.444 e. The molecule has 1 aliphatic heterocycles. The summed E-state index contributed by atoms with van der Waals surface area (Å²) < 4.78 is 32.1. The average molecular weight is 365 g/mol. The van der Waals surface area contributed by atoms with Gasteiger partial charge in [-0.2, -0.15) is 9.57 Å². The minimum Gasteiger partial charge on any atom is -0.444 e. The van der Waals surface area contributed by atoms with Crippen LogP contribution in [0.2, 0.25) is 0 Å². The molecular weight excluding hydrogens is 342 g/mol. The predicted octanol–water partition coefficient (Wildman–Crippen LogP) is 2.24. The number of amides is 1. The maximum atomic E-state index is 12.7. The number of hydrogen-bond donors (Lipinski definition) is 1. The fraction of sp³-hybridized carbons (Fsp3) is 0.529. The lowest BCUT2D eigenvalue weighted by Crippen LogP contribution is -2.47. The molecule has 0 unspecified atom stereocenters. The summed E-state index contributed by atoms with van der Waals surface area (Å²) in [6, 6.07) is 7.95. The molecule has 1 N–H and O–H groups in total. The Balaban J connectivity index is 2.00. The van der Waals surface area contributed by atoms with Crippen molar-refractivity contribution in [1.82, 2.24) is 9.62 Å². The minimum atomic E-state index is -3.72. The molecule has 0 atom stereocenters. The average Bonchev–Trinajstić information content (AvgIpc) is 2.53. The molecule has 25 heavy (non-hydrogen) atoms. The van der Waals surface area contributed by atoms with Crippen LogP contribution in [-0.4, -0.2) is 43.5 Å². The first-order valence-corrected chi connectivity index (χ1v) is 9.56. The minimum absolute atomic E-state index is 0.0241. The Hall–Kier alpha value is -2.11. The van der Waals surface area contributed by atoms with Crippen LogP contribution >= 0.6 is 0 Å². The highest BCUT2D eigenvalue weighted by molar-refractivity contribution is 7.89. The first-order chi connectivity index (χ1) is 11.6. The molecule has 7 nitrogen and oxygen atoms in total. The Labute approximate surface area is 148 Å². The van der Waals surface area contributed by atoms with Crippen LogP contribution in [0.4, 0.5) is 4.79 Å². The van der Waals surface area contributed by atoms with Gasteiger partial charge in [0.25, 0.3) is 0 Å². The fourth-order valence-electron chi connectivity index (χ4n) is 2.64. The van der Waals surface area contributed by atoms with E-state index >= 15 is 0 Å². The van der Waals surface area contributed by atoms with Gasteiger partial charge in [0.15, 0.2) is 0 Å². The van der Waals surface area contributed by atoms with Gasteiger partial charge in [-0.05, 0) is 45.7 Å². The summed E-state index contributed by atoms with van der Waals surface area (Å²) in [6.45, 7) is 5.92. The zero-order valence-electron chi connectivity index (χ0n) is 14.7. The molecule has 1 heterocycles. The summed E-state index contributed by atoms with van der Waals surface area (Å²) in [5.74, 6) is 0. The van der Waals surface area contributed by atoms with E-state index in [1.807, 2.05) is 6.07 Å². The van der Waals surface area contributed by atoms with Gasteiger partial charge in [-0.25, -0.2) is 13.2 Å². The smallest absolute Gasteiger partial charge is 0.407 e. The topological polar surface area (TPSA) is 99.5 Å². The third kappa shape index (κ3) is 4.94. The van der Waals surface area contributed by atoms with Gasteiger partial charge in [0.2, 0.25) is 10.0 Å². The zero-order valence-corrected chi connectivity index (χ0v) is 15.5. The molecule has 0 bridgehead atoms. The standard InChI is InChI=1S/C17H23N3O4S/c1-17(2,3)24-16(21)19-14-8-10-20(11-9-14)25(22,23)15-7-5-4-6-13(15)12-18/h4-7,14H,8-11H2,1-3H3,(H,19,21). The number of hydrogen-bond acceptors (Lipinski definition) is 5. The molecule has 1 aromatic rings. The molecule has 0 aromatic heterocycles. The van der Waals surface area contributed by atoms with E-state index in [2.05, 4.69) is 5.32 Å². The number of carbonyl (C=O) groups is 1. The van der Waals surface area contributed by atoms with Gasteiger partial charge in [-0.15, -0.1) is 0 Å². The lowest BCUT2D eigenvalue weighted by Gasteiger charge is -2.32. The number of sulfonamides is 1. The van der Waals surface area contributed by atoms with E-state index in [0.717, 1.165) is 0 Å². The first kappa shape index (κ1) is 19.2. The van der Waals surface area contributed by atoms with E-state index in [-0.39, 0.29) is 29.6 Å². The van der Waals surface area contributed by atoms with Crippen LogP contribution in [0.25, 0.3) is 0 Å². The summed E-state index contributed by atoms with van der Waals surface area (Å²) in [6.07, 6.45) is 0.490. The summed E-state index contributed by atoms with van der Waals surface area (Å²) >= 11 is 0. The number of alkyl carbamates (subject to hydrolysis) is 1. The molecule has 2 rings (SSSR count). The maximum absolute atomic E-state index is 12.7. The van der Waals surface area contributed by atoms with Crippen LogP contribution in [0.1, 0.15) is 39.2 Å². The SMILES string of the molecule is CC(C)(C)OC(=O)NC1CCN(S(=O)(=O)c2ccccc2C#N)CC1. The number of rotatable bonds is 3. The normalized spacial score (nSPS) is 16.9. The van der Waals surface area contributed by atoms with Gasteiger partial charge in [0.1, 0.15) is 11.7 Å². The van der Waals surface area contributed by atoms with Crippen molar-refractivity contribution in [2.75, 3.05) is 13.1 Å². The number of ether oxygens (including phenoxy) is 1. The van der Waals surface area contributed by atoms with E-state index in [4.69, 9.17) is 10.00 Å². The monoisotopic (exact) mass is 365 g/mol. The van der Waals surface area contributed by atoms with Crippen molar-refractivity contribution in [3.8, 4) is 6.07 Å². The first-order valence-electron chi connectivity index (χ1n) is 8.12. The van der Waals surface area contributed by atoms with Gasteiger partial charge >= 0.3 is 6.09 Å². The van der Waals surface area contributed by atoms with E-state index in [9.17, 15) is 13.2 Å². The van der Waals surface area contributed by atoms with Gasteiger partial charge in [-0.3, -0.25) is 0 Å². The van der Waals surface area contributed by atoms with Gasteiger partial charge < -0.3 is 10.1 Å². The van der Waals surface area contributed by atoms with Crippen LogP contribution in [0.15, 0.2) is 29.2 Å². The van der Waals surface area contributed by atoms with Gasteiger partial charge in [-0.1, -0.05) is 12.1 Å². The fourth-order valence-corrected chi connectivity index (χ4v) is 4.25. The summed E-state index contributed by atoms with van der Waals surface area (Å²) in [4.78, 5) is 11.8. The zero-order chi connectivity index (χ0) is 18.7. The molecule has 1 fully saturated rings. The summed E-state index contributed by atoms with van der Waals surface area (Å²) in [5.41, 5.74) is -0.439. The Morgan fingerprint density at radius 1 is 1.28 bits per heavy atom. The molecule has 1 saturated heterocycles. The Kier molecular flexibility index (Phi) is 5.70. The molecule has 1 aliphatic rings. The molecule has 1 amide bonds. The third-order valence-electron chi connectivity index (χ3n) is 3.80. The lowest BCUT2D eigenvalue weighted by atomic mass is 10.1. The highest BCUT2D eigenvalue weighted by Crippen LogP contribution is 2.23. The molecule has 0 saturated carbocycles. The number of benzene rings is 1. The van der Waals surface area contributed by atoms with E-state index in [1.165, 1.54) is 16.4 Å². The Morgan fingerprint density at radius 3 is 2.44 bits per heavy atom. The molecule has 8 heteroatoms. The number of nitrogens with one attached hydrogen (secondary N) is 1. The highest BCUT2D eigenvalue weighted by atomic mass is 32.2. The summed E-state index contributed by atoms with van der Waals surface area (Å²) in [7, 11) is -3.72. The van der Waals surface area contributed by atoms with E-state index < -0.39 is 21.7 Å². The van der Waals surface area contributed by atoms with E-state index in [1.54, 1.807) is 32.9 Å². The second kappa shape index (κ2) is 7.42. The van der Waals surface area contributed by atoms with Crippen molar-refractivity contribution < 1.29 is 17.9 Å². The third-order valence-corrected chi connectivity index (χ3v) is 5.76. The van der Waals surface area contributed by atoms with Gasteiger partial charge in [0, 0.05) is 19.1 Å². The van der Waals surface area contributed by atoms with Crippen molar-refractivity contribution in [2.24, 2.45) is 0 Å². The second-order valence-corrected chi connectivity index (χ2v) is 8.84. The number of carbonyl (C=O) groups excluding carboxylic acids is 1.